The van der Waals surface area contributed by atoms with Crippen LogP contribution in [0.3, 0.4) is 0 Å². The molecule has 1 amide bonds. The molecule has 8 heteroatoms. The number of nitrogen functional groups attached to an aromatic ring is 1. The summed E-state index contributed by atoms with van der Waals surface area (Å²) in [6.45, 7) is 3.20. The van der Waals surface area contributed by atoms with Crippen LogP contribution in [-0.4, -0.2) is 28.8 Å². The molecule has 1 rings (SSSR count). The van der Waals surface area contributed by atoms with Gasteiger partial charge in [0.1, 0.15) is 5.69 Å². The van der Waals surface area contributed by atoms with E-state index in [0.717, 1.165) is 12.8 Å². The summed E-state index contributed by atoms with van der Waals surface area (Å²) in [5.41, 5.74) is 8.44. The molecule has 0 aliphatic heterocycles. The maximum atomic E-state index is 11.1. The minimum absolute atomic E-state index is 0.0930. The van der Waals surface area contributed by atoms with Gasteiger partial charge in [0, 0.05) is 12.6 Å². The number of unbranched alkanes of at least 4 members (excludes halogenated alkanes) is 1. The number of carbonyl (C=O) groups is 1. The van der Waals surface area contributed by atoms with Crippen molar-refractivity contribution in [3.63, 3.8) is 0 Å². The summed E-state index contributed by atoms with van der Waals surface area (Å²) in [5, 5.41) is 11.0. The highest BCUT2D eigenvalue weighted by Gasteiger charge is 2.18. The van der Waals surface area contributed by atoms with Crippen LogP contribution in [0.4, 0.5) is 11.4 Å². The Bertz CT molecular complexity index is 507. The van der Waals surface area contributed by atoms with Crippen molar-refractivity contribution in [2.24, 2.45) is 11.6 Å². The zero-order valence-electron chi connectivity index (χ0n) is 12.0. The van der Waals surface area contributed by atoms with Gasteiger partial charge in [0.15, 0.2) is 0 Å². The molecule has 0 aliphatic rings. The Morgan fingerprint density at radius 3 is 2.71 bits per heavy atom. The Labute approximate surface area is 123 Å². The third-order valence-electron chi connectivity index (χ3n) is 3.07. The number of carbonyl (C=O) groups excluding carboxylic acids is 1. The average Bonchev–Trinajstić information content (AvgIpc) is 2.43. The van der Waals surface area contributed by atoms with Crippen LogP contribution < -0.4 is 17.0 Å². The van der Waals surface area contributed by atoms with E-state index in [0.29, 0.717) is 18.7 Å². The van der Waals surface area contributed by atoms with Crippen LogP contribution in [0.1, 0.15) is 25.3 Å². The minimum atomic E-state index is -0.497. The van der Waals surface area contributed by atoms with E-state index in [-0.39, 0.29) is 17.9 Å². The predicted molar refractivity (Wildman–Crippen MR) is 80.3 cm³/mol. The third-order valence-corrected chi connectivity index (χ3v) is 3.07. The number of nitro groups is 1. The first-order valence-corrected chi connectivity index (χ1v) is 6.73. The van der Waals surface area contributed by atoms with Gasteiger partial charge in [0.05, 0.1) is 11.5 Å². The first-order chi connectivity index (χ1) is 9.99. The lowest BCUT2D eigenvalue weighted by atomic mass is 10.1. The SMILES string of the molecule is CCCCN(CC(N)=O)Cc1cccc([N+](=O)[O-])c1NN. The normalized spacial score (nSPS) is 10.6. The van der Waals surface area contributed by atoms with E-state index in [9.17, 15) is 14.9 Å². The lowest BCUT2D eigenvalue weighted by molar-refractivity contribution is -0.384. The van der Waals surface area contributed by atoms with E-state index in [1.165, 1.54) is 6.07 Å². The first kappa shape index (κ1) is 16.9. The summed E-state index contributed by atoms with van der Waals surface area (Å²) in [5.74, 6) is 4.97. The van der Waals surface area contributed by atoms with Crippen molar-refractivity contribution in [3.8, 4) is 0 Å². The molecular formula is C13H21N5O3. The van der Waals surface area contributed by atoms with Gasteiger partial charge in [-0.1, -0.05) is 25.5 Å². The number of nitrogens with one attached hydrogen (secondary N) is 1. The molecule has 5 N–H and O–H groups in total. The summed E-state index contributed by atoms with van der Waals surface area (Å²) in [7, 11) is 0. The third kappa shape index (κ3) is 5.01. The molecule has 0 aromatic heterocycles. The number of hydrogen-bond acceptors (Lipinski definition) is 6. The smallest absolute Gasteiger partial charge is 0.293 e. The van der Waals surface area contributed by atoms with E-state index in [1.54, 1.807) is 12.1 Å². The first-order valence-electron chi connectivity index (χ1n) is 6.73. The zero-order valence-corrected chi connectivity index (χ0v) is 12.0. The van der Waals surface area contributed by atoms with E-state index in [1.807, 2.05) is 11.8 Å². The summed E-state index contributed by atoms with van der Waals surface area (Å²) in [4.78, 5) is 23.5. The van der Waals surface area contributed by atoms with Gasteiger partial charge in [-0.05, 0) is 18.5 Å². The standard InChI is InChI=1S/C13H21N5O3/c1-2-3-7-17(9-12(14)19)8-10-5-4-6-11(18(20)21)13(10)16-15/h4-6,16H,2-3,7-9,15H2,1H3,(H2,14,19). The van der Waals surface area contributed by atoms with Crippen molar-refractivity contribution < 1.29 is 9.72 Å². The maximum absolute atomic E-state index is 11.1. The molecule has 0 heterocycles. The second-order valence-electron chi connectivity index (χ2n) is 4.74. The second-order valence-corrected chi connectivity index (χ2v) is 4.74. The van der Waals surface area contributed by atoms with Gasteiger partial charge in [-0.15, -0.1) is 0 Å². The number of anilines is 1. The number of nitrogens with two attached hydrogens (primary N) is 2. The van der Waals surface area contributed by atoms with Crippen molar-refractivity contribution in [3.05, 3.63) is 33.9 Å². The molecule has 0 bridgehead atoms. The fraction of sp³-hybridized carbons (Fsp3) is 0.462. The molecule has 0 fully saturated rings. The van der Waals surface area contributed by atoms with Gasteiger partial charge < -0.3 is 11.2 Å². The fourth-order valence-electron chi connectivity index (χ4n) is 2.09. The molecule has 1 aromatic carbocycles. The molecule has 0 spiro atoms. The highest BCUT2D eigenvalue weighted by atomic mass is 16.6. The summed E-state index contributed by atoms with van der Waals surface area (Å²) < 4.78 is 0. The Morgan fingerprint density at radius 2 is 2.19 bits per heavy atom. The molecular weight excluding hydrogens is 274 g/mol. The van der Waals surface area contributed by atoms with E-state index in [2.05, 4.69) is 5.43 Å². The van der Waals surface area contributed by atoms with Crippen molar-refractivity contribution >= 4 is 17.3 Å². The summed E-state index contributed by atoms with van der Waals surface area (Å²) in [6.07, 6.45) is 1.89. The highest BCUT2D eigenvalue weighted by Crippen LogP contribution is 2.28. The van der Waals surface area contributed by atoms with Crippen molar-refractivity contribution in [2.45, 2.75) is 26.3 Å². The maximum Gasteiger partial charge on any atom is 0.293 e. The molecule has 0 atom stereocenters. The topological polar surface area (TPSA) is 128 Å². The molecule has 116 valence electrons. The fourth-order valence-corrected chi connectivity index (χ4v) is 2.09. The average molecular weight is 295 g/mol. The quantitative estimate of drug-likeness (QED) is 0.354. The van der Waals surface area contributed by atoms with E-state index in [4.69, 9.17) is 11.6 Å². The molecule has 0 unspecified atom stereocenters. The van der Waals surface area contributed by atoms with Crippen molar-refractivity contribution in [1.82, 2.24) is 4.90 Å². The lowest BCUT2D eigenvalue weighted by Crippen LogP contribution is -2.34. The Kier molecular flexibility index (Phi) is 6.57. The van der Waals surface area contributed by atoms with Gasteiger partial charge in [0.2, 0.25) is 5.91 Å². The molecule has 0 aliphatic carbocycles. The predicted octanol–water partition coefficient (Wildman–Crippen LogP) is 0.968. The van der Waals surface area contributed by atoms with Crippen LogP contribution in [0.15, 0.2) is 18.2 Å². The number of primary amides is 1. The number of hydrogen-bond donors (Lipinski definition) is 3. The van der Waals surface area contributed by atoms with Crippen LogP contribution in [0.25, 0.3) is 0 Å². The summed E-state index contributed by atoms with van der Waals surface area (Å²) in [6, 6.07) is 4.71. The van der Waals surface area contributed by atoms with E-state index >= 15 is 0 Å². The van der Waals surface area contributed by atoms with Gasteiger partial charge in [-0.3, -0.25) is 25.7 Å². The van der Waals surface area contributed by atoms with Crippen LogP contribution >= 0.6 is 0 Å². The molecule has 21 heavy (non-hydrogen) atoms. The van der Waals surface area contributed by atoms with Gasteiger partial charge >= 0.3 is 0 Å². The van der Waals surface area contributed by atoms with Crippen LogP contribution in [0, 0.1) is 10.1 Å². The number of para-hydroxylation sites is 1. The summed E-state index contributed by atoms with van der Waals surface area (Å²) >= 11 is 0. The van der Waals surface area contributed by atoms with Gasteiger partial charge in [-0.25, -0.2) is 0 Å². The molecule has 0 saturated carbocycles. The minimum Gasteiger partial charge on any atom is -0.369 e. The highest BCUT2D eigenvalue weighted by molar-refractivity contribution is 5.76. The van der Waals surface area contributed by atoms with E-state index < -0.39 is 10.8 Å². The Morgan fingerprint density at radius 1 is 1.48 bits per heavy atom. The molecule has 0 saturated heterocycles. The number of nitro benzene ring substituents is 1. The van der Waals surface area contributed by atoms with Crippen LogP contribution in [-0.2, 0) is 11.3 Å². The van der Waals surface area contributed by atoms with Crippen molar-refractivity contribution in [2.75, 3.05) is 18.5 Å². The van der Waals surface area contributed by atoms with Gasteiger partial charge in [0.25, 0.3) is 5.69 Å². The second kappa shape index (κ2) is 8.18. The van der Waals surface area contributed by atoms with Crippen LogP contribution in [0.5, 0.6) is 0 Å². The number of benzene rings is 1. The monoisotopic (exact) mass is 295 g/mol. The zero-order chi connectivity index (χ0) is 15.8. The van der Waals surface area contributed by atoms with Crippen molar-refractivity contribution in [1.29, 1.82) is 0 Å². The number of rotatable bonds is 9. The Hall–Kier alpha value is -2.19. The van der Waals surface area contributed by atoms with Gasteiger partial charge in [-0.2, -0.15) is 0 Å². The largest absolute Gasteiger partial charge is 0.369 e. The number of hydrazine groups is 1. The van der Waals surface area contributed by atoms with Crippen LogP contribution in [0.2, 0.25) is 0 Å². The molecule has 1 aromatic rings. The molecule has 8 nitrogen and oxygen atoms in total. The Balaban J connectivity index is 2.99. The number of nitrogens with zero attached hydrogens (tertiary/aromatic N) is 2. The molecule has 0 radical (unpaired) electrons. The number of amides is 1. The lowest BCUT2D eigenvalue weighted by Gasteiger charge is -2.21.